The highest BCUT2D eigenvalue weighted by Crippen LogP contribution is 2.31. The first-order valence-electron chi connectivity index (χ1n) is 10.8. The third kappa shape index (κ3) is 4.15. The van der Waals surface area contributed by atoms with Crippen LogP contribution in [-0.2, 0) is 16.6 Å². The summed E-state index contributed by atoms with van der Waals surface area (Å²) in [6.45, 7) is 4.26. The summed E-state index contributed by atoms with van der Waals surface area (Å²) in [5.74, 6) is 0.193. The number of aromatic nitrogens is 4. The number of hydrogen-bond donors (Lipinski definition) is 1. The van der Waals surface area contributed by atoms with Crippen LogP contribution in [0, 0.1) is 5.82 Å². The highest BCUT2D eigenvalue weighted by Gasteiger charge is 2.26. The Bertz CT molecular complexity index is 1500. The smallest absolute Gasteiger partial charge is 0.213 e. The van der Waals surface area contributed by atoms with Crippen molar-refractivity contribution in [3.8, 4) is 11.1 Å². The van der Waals surface area contributed by atoms with Crippen LogP contribution in [0.5, 0.6) is 0 Å². The maximum atomic E-state index is 13.7. The van der Waals surface area contributed by atoms with Gasteiger partial charge in [-0.15, -0.1) is 0 Å². The van der Waals surface area contributed by atoms with Crippen molar-refractivity contribution < 1.29 is 12.8 Å². The van der Waals surface area contributed by atoms with Gasteiger partial charge in [-0.25, -0.2) is 17.8 Å². The van der Waals surface area contributed by atoms with E-state index < -0.39 is 10.0 Å². The molecular formula is C22H23BrFN7O2S. The van der Waals surface area contributed by atoms with Crippen LogP contribution in [0.1, 0.15) is 12.6 Å². The summed E-state index contributed by atoms with van der Waals surface area (Å²) >= 11 is 3.55. The number of hydrogen-bond acceptors (Lipinski definition) is 7. The SMILES string of the molecule is CCS(=O)(=O)N1CCN(Cc2nc3c(-c4cnc5ccc(F)cc5c4)cnn3c(N)c2Br)CC1. The van der Waals surface area contributed by atoms with Crippen molar-refractivity contribution in [2.24, 2.45) is 0 Å². The van der Waals surface area contributed by atoms with Crippen LogP contribution in [0.25, 0.3) is 27.7 Å². The minimum absolute atomic E-state index is 0.105. The second kappa shape index (κ2) is 8.84. The molecule has 5 rings (SSSR count). The van der Waals surface area contributed by atoms with Gasteiger partial charge in [0.15, 0.2) is 5.65 Å². The lowest BCUT2D eigenvalue weighted by atomic mass is 10.1. The van der Waals surface area contributed by atoms with Crippen molar-refractivity contribution >= 4 is 48.3 Å². The first kappa shape index (κ1) is 23.1. The molecular weight excluding hydrogens is 525 g/mol. The number of nitrogens with two attached hydrogens (primary N) is 1. The lowest BCUT2D eigenvalue weighted by Crippen LogP contribution is -2.48. The Hall–Kier alpha value is -2.67. The van der Waals surface area contributed by atoms with E-state index in [2.05, 4.69) is 30.9 Å². The quantitative estimate of drug-likeness (QED) is 0.409. The molecule has 0 amide bonds. The summed E-state index contributed by atoms with van der Waals surface area (Å²) < 4.78 is 41.8. The van der Waals surface area contributed by atoms with Gasteiger partial charge >= 0.3 is 0 Å². The molecule has 0 atom stereocenters. The first-order valence-corrected chi connectivity index (χ1v) is 13.2. The van der Waals surface area contributed by atoms with E-state index in [0.29, 0.717) is 59.6 Å². The van der Waals surface area contributed by atoms with E-state index in [1.54, 1.807) is 29.9 Å². The fourth-order valence-electron chi connectivity index (χ4n) is 4.16. The van der Waals surface area contributed by atoms with Gasteiger partial charge in [-0.2, -0.15) is 13.9 Å². The van der Waals surface area contributed by atoms with Crippen LogP contribution in [0.4, 0.5) is 10.2 Å². The second-order valence-electron chi connectivity index (χ2n) is 8.19. The second-order valence-corrected chi connectivity index (χ2v) is 11.2. The molecule has 0 saturated carbocycles. The number of rotatable bonds is 5. The molecule has 0 radical (unpaired) electrons. The Morgan fingerprint density at radius 1 is 1.15 bits per heavy atom. The Morgan fingerprint density at radius 3 is 2.65 bits per heavy atom. The molecule has 3 aromatic heterocycles. The summed E-state index contributed by atoms with van der Waals surface area (Å²) in [5, 5.41) is 5.08. The van der Waals surface area contributed by atoms with E-state index in [4.69, 9.17) is 10.7 Å². The van der Waals surface area contributed by atoms with Gasteiger partial charge in [0.25, 0.3) is 0 Å². The fraction of sp³-hybridized carbons (Fsp3) is 0.318. The minimum Gasteiger partial charge on any atom is -0.383 e. The van der Waals surface area contributed by atoms with Crippen molar-refractivity contribution in [1.82, 2.24) is 28.8 Å². The topological polar surface area (TPSA) is 110 Å². The molecule has 34 heavy (non-hydrogen) atoms. The van der Waals surface area contributed by atoms with Gasteiger partial charge in [0.1, 0.15) is 11.6 Å². The van der Waals surface area contributed by atoms with Crippen LogP contribution >= 0.6 is 15.9 Å². The number of sulfonamides is 1. The number of nitrogens with zero attached hydrogens (tertiary/aromatic N) is 6. The molecule has 0 aliphatic carbocycles. The normalized spacial score (nSPS) is 16.0. The maximum absolute atomic E-state index is 13.7. The van der Waals surface area contributed by atoms with Crippen molar-refractivity contribution in [2.75, 3.05) is 37.7 Å². The zero-order chi connectivity index (χ0) is 24.0. The molecule has 1 saturated heterocycles. The van der Waals surface area contributed by atoms with Crippen molar-refractivity contribution in [2.45, 2.75) is 13.5 Å². The highest BCUT2D eigenvalue weighted by molar-refractivity contribution is 9.10. The maximum Gasteiger partial charge on any atom is 0.213 e. The molecule has 178 valence electrons. The molecule has 1 fully saturated rings. The zero-order valence-electron chi connectivity index (χ0n) is 18.4. The molecule has 9 nitrogen and oxygen atoms in total. The van der Waals surface area contributed by atoms with Gasteiger partial charge in [0.2, 0.25) is 10.0 Å². The Labute approximate surface area is 204 Å². The number of benzene rings is 1. The number of pyridine rings is 1. The van der Waals surface area contributed by atoms with E-state index in [1.165, 1.54) is 16.4 Å². The largest absolute Gasteiger partial charge is 0.383 e. The summed E-state index contributed by atoms with van der Waals surface area (Å²) in [4.78, 5) is 11.4. The molecule has 0 spiro atoms. The number of fused-ring (bicyclic) bond motifs is 2. The average Bonchev–Trinajstić information content (AvgIpc) is 3.26. The van der Waals surface area contributed by atoms with Crippen LogP contribution < -0.4 is 5.73 Å². The van der Waals surface area contributed by atoms with Crippen LogP contribution in [-0.4, -0.2) is 69.1 Å². The van der Waals surface area contributed by atoms with Gasteiger partial charge in [0, 0.05) is 55.4 Å². The molecule has 4 aromatic rings. The number of halogens is 2. The standard InChI is InChI=1S/C22H23BrFN7O2S/c1-2-34(32,33)30-7-5-29(6-8-30)13-19-20(23)21(25)31-22(28-19)17(12-27-31)15-9-14-10-16(24)3-4-18(14)26-11-15/h3-4,9-12H,2,5-8,13,25H2,1H3. The molecule has 1 aliphatic heterocycles. The van der Waals surface area contributed by atoms with Crippen LogP contribution in [0.2, 0.25) is 0 Å². The van der Waals surface area contributed by atoms with Gasteiger partial charge in [-0.05, 0) is 47.1 Å². The van der Waals surface area contributed by atoms with Gasteiger partial charge in [0.05, 0.1) is 27.6 Å². The van der Waals surface area contributed by atoms with Crippen molar-refractivity contribution in [3.05, 3.63) is 52.6 Å². The molecule has 2 N–H and O–H groups in total. The lowest BCUT2D eigenvalue weighted by molar-refractivity contribution is 0.180. The molecule has 0 bridgehead atoms. The Kier molecular flexibility index (Phi) is 6.00. The monoisotopic (exact) mass is 547 g/mol. The summed E-state index contributed by atoms with van der Waals surface area (Å²) in [6.07, 6.45) is 3.38. The zero-order valence-corrected chi connectivity index (χ0v) is 20.9. The predicted molar refractivity (Wildman–Crippen MR) is 132 cm³/mol. The van der Waals surface area contributed by atoms with Crippen molar-refractivity contribution in [1.29, 1.82) is 0 Å². The lowest BCUT2D eigenvalue weighted by Gasteiger charge is -2.33. The van der Waals surface area contributed by atoms with E-state index in [9.17, 15) is 12.8 Å². The molecule has 1 aliphatic rings. The summed E-state index contributed by atoms with van der Waals surface area (Å²) in [7, 11) is -3.19. The number of nitrogen functional groups attached to an aromatic ring is 1. The Morgan fingerprint density at radius 2 is 1.91 bits per heavy atom. The first-order chi connectivity index (χ1) is 16.3. The van der Waals surface area contributed by atoms with Crippen LogP contribution in [0.3, 0.4) is 0 Å². The van der Waals surface area contributed by atoms with Gasteiger partial charge in [-0.3, -0.25) is 9.88 Å². The van der Waals surface area contributed by atoms with E-state index in [0.717, 1.165) is 16.8 Å². The predicted octanol–water partition coefficient (Wildman–Crippen LogP) is 2.90. The summed E-state index contributed by atoms with van der Waals surface area (Å²) in [6, 6.07) is 6.32. The van der Waals surface area contributed by atoms with Crippen molar-refractivity contribution in [3.63, 3.8) is 0 Å². The summed E-state index contributed by atoms with van der Waals surface area (Å²) in [5.41, 5.74) is 9.86. The number of anilines is 1. The Balaban J connectivity index is 1.47. The van der Waals surface area contributed by atoms with Gasteiger partial charge < -0.3 is 5.73 Å². The average molecular weight is 548 g/mol. The molecule has 12 heteroatoms. The highest BCUT2D eigenvalue weighted by atomic mass is 79.9. The van der Waals surface area contributed by atoms with E-state index in [-0.39, 0.29) is 11.6 Å². The third-order valence-corrected chi connectivity index (χ3v) is 8.85. The fourth-order valence-corrected chi connectivity index (χ4v) is 5.63. The van der Waals surface area contributed by atoms with E-state index >= 15 is 0 Å². The third-order valence-electron chi connectivity index (χ3n) is 6.11. The van der Waals surface area contributed by atoms with E-state index in [1.807, 2.05) is 6.07 Å². The van der Waals surface area contributed by atoms with Gasteiger partial charge in [-0.1, -0.05) is 0 Å². The number of piperazine rings is 1. The minimum atomic E-state index is -3.19. The molecule has 1 aromatic carbocycles. The van der Waals surface area contributed by atoms with Crippen LogP contribution in [0.15, 0.2) is 41.1 Å². The molecule has 0 unspecified atom stereocenters. The molecule has 4 heterocycles.